The summed E-state index contributed by atoms with van der Waals surface area (Å²) in [6, 6.07) is 3.22. The van der Waals surface area contributed by atoms with E-state index >= 15 is 0 Å². The standard InChI is InChI=1S/C10H11BrN2O2/c1-7(11)4-12-6-9-3-2-8(5-13-9)10(14)15/h2-3,5,12H,1,4,6H2,(H,14,15). The lowest BCUT2D eigenvalue weighted by atomic mass is 10.2. The van der Waals surface area contributed by atoms with Crippen molar-refractivity contribution in [2.45, 2.75) is 6.54 Å². The third-order valence-corrected chi connectivity index (χ3v) is 1.97. The number of aromatic carboxylic acids is 1. The number of carboxylic acid groups (broad SMARTS) is 1. The van der Waals surface area contributed by atoms with Gasteiger partial charge in [-0.05, 0) is 12.1 Å². The molecule has 0 aliphatic carbocycles. The highest BCUT2D eigenvalue weighted by Gasteiger charge is 2.02. The number of halogens is 1. The Hall–Kier alpha value is -1.20. The fourth-order valence-corrected chi connectivity index (χ4v) is 1.18. The van der Waals surface area contributed by atoms with Gasteiger partial charge in [0.15, 0.2) is 0 Å². The van der Waals surface area contributed by atoms with Gasteiger partial charge in [0, 0.05) is 23.8 Å². The third kappa shape index (κ3) is 4.22. The highest BCUT2D eigenvalue weighted by Crippen LogP contribution is 2.01. The molecule has 1 rings (SSSR count). The van der Waals surface area contributed by atoms with Gasteiger partial charge >= 0.3 is 5.97 Å². The molecule has 0 aliphatic rings. The van der Waals surface area contributed by atoms with Crippen LogP contribution in [0.15, 0.2) is 29.4 Å². The molecule has 1 heterocycles. The van der Waals surface area contributed by atoms with Crippen LogP contribution in [0.3, 0.4) is 0 Å². The number of pyridine rings is 1. The lowest BCUT2D eigenvalue weighted by Crippen LogP contribution is -2.15. The van der Waals surface area contributed by atoms with Crippen LogP contribution in [-0.2, 0) is 6.54 Å². The number of rotatable bonds is 5. The van der Waals surface area contributed by atoms with E-state index in [1.165, 1.54) is 12.3 Å². The maximum atomic E-state index is 10.5. The molecule has 0 aliphatic heterocycles. The van der Waals surface area contributed by atoms with E-state index in [0.717, 1.165) is 10.2 Å². The first kappa shape index (κ1) is 11.9. The third-order valence-electron chi connectivity index (χ3n) is 1.69. The van der Waals surface area contributed by atoms with Crippen LogP contribution in [0, 0.1) is 0 Å². The summed E-state index contributed by atoms with van der Waals surface area (Å²) in [6.07, 6.45) is 1.35. The molecule has 5 heteroatoms. The van der Waals surface area contributed by atoms with E-state index in [9.17, 15) is 4.79 Å². The molecule has 0 atom stereocenters. The predicted octanol–water partition coefficient (Wildman–Crippen LogP) is 1.78. The molecule has 0 fully saturated rings. The van der Waals surface area contributed by atoms with Crippen LogP contribution in [0.25, 0.3) is 0 Å². The van der Waals surface area contributed by atoms with E-state index in [1.807, 2.05) is 0 Å². The Morgan fingerprint density at radius 1 is 1.60 bits per heavy atom. The molecule has 0 saturated carbocycles. The minimum atomic E-state index is -0.962. The molecule has 0 aromatic carbocycles. The SMILES string of the molecule is C=C(Br)CNCc1ccc(C(=O)O)cn1. The van der Waals surface area contributed by atoms with Gasteiger partial charge < -0.3 is 10.4 Å². The monoisotopic (exact) mass is 270 g/mol. The molecule has 80 valence electrons. The van der Waals surface area contributed by atoms with Gasteiger partial charge in [-0.25, -0.2) is 4.79 Å². The predicted molar refractivity (Wildman–Crippen MR) is 61.0 cm³/mol. The fourth-order valence-electron chi connectivity index (χ4n) is 0.982. The van der Waals surface area contributed by atoms with E-state index in [0.29, 0.717) is 13.1 Å². The van der Waals surface area contributed by atoms with Gasteiger partial charge in [-0.3, -0.25) is 4.98 Å². The highest BCUT2D eigenvalue weighted by molar-refractivity contribution is 9.11. The van der Waals surface area contributed by atoms with Gasteiger partial charge in [0.1, 0.15) is 0 Å². The van der Waals surface area contributed by atoms with Crippen LogP contribution in [-0.4, -0.2) is 22.6 Å². The molecule has 0 unspecified atom stereocenters. The number of carboxylic acids is 1. The van der Waals surface area contributed by atoms with Crippen LogP contribution in [0.2, 0.25) is 0 Å². The molecule has 0 radical (unpaired) electrons. The van der Waals surface area contributed by atoms with Crippen LogP contribution < -0.4 is 5.32 Å². The summed E-state index contributed by atoms with van der Waals surface area (Å²) in [4.78, 5) is 14.6. The van der Waals surface area contributed by atoms with E-state index in [4.69, 9.17) is 5.11 Å². The van der Waals surface area contributed by atoms with Crippen molar-refractivity contribution in [2.24, 2.45) is 0 Å². The zero-order valence-corrected chi connectivity index (χ0v) is 9.62. The number of nitrogens with one attached hydrogen (secondary N) is 1. The Bertz CT molecular complexity index is 362. The first-order valence-electron chi connectivity index (χ1n) is 4.32. The van der Waals surface area contributed by atoms with Crippen LogP contribution >= 0.6 is 15.9 Å². The summed E-state index contributed by atoms with van der Waals surface area (Å²) in [5, 5.41) is 11.7. The molecule has 0 saturated heterocycles. The molecule has 0 amide bonds. The van der Waals surface area contributed by atoms with Crippen LogP contribution in [0.1, 0.15) is 16.1 Å². The van der Waals surface area contributed by atoms with Crippen LogP contribution in [0.4, 0.5) is 0 Å². The first-order chi connectivity index (χ1) is 7.09. The quantitative estimate of drug-likeness (QED) is 0.856. The second-order valence-corrected chi connectivity index (χ2v) is 4.09. The summed E-state index contributed by atoms with van der Waals surface area (Å²) in [5.74, 6) is -0.962. The molecule has 1 aromatic rings. The lowest BCUT2D eigenvalue weighted by Gasteiger charge is -2.02. The average Bonchev–Trinajstić information content (AvgIpc) is 2.18. The first-order valence-corrected chi connectivity index (χ1v) is 5.11. The van der Waals surface area contributed by atoms with Crippen molar-refractivity contribution >= 4 is 21.9 Å². The number of carbonyl (C=O) groups is 1. The lowest BCUT2D eigenvalue weighted by molar-refractivity contribution is 0.0696. The number of hydrogen-bond acceptors (Lipinski definition) is 3. The number of hydrogen-bond donors (Lipinski definition) is 2. The number of aromatic nitrogens is 1. The number of nitrogens with zero attached hydrogens (tertiary/aromatic N) is 1. The Morgan fingerprint density at radius 3 is 2.80 bits per heavy atom. The molecule has 2 N–H and O–H groups in total. The molecule has 4 nitrogen and oxygen atoms in total. The van der Waals surface area contributed by atoms with Gasteiger partial charge in [-0.2, -0.15) is 0 Å². The van der Waals surface area contributed by atoms with Crippen molar-refractivity contribution in [1.29, 1.82) is 0 Å². The molecule has 0 spiro atoms. The molecule has 1 aromatic heterocycles. The van der Waals surface area contributed by atoms with E-state index in [2.05, 4.69) is 32.8 Å². The smallest absolute Gasteiger partial charge is 0.337 e. The maximum Gasteiger partial charge on any atom is 0.337 e. The summed E-state index contributed by atoms with van der Waals surface area (Å²) >= 11 is 3.22. The van der Waals surface area contributed by atoms with E-state index in [-0.39, 0.29) is 5.56 Å². The minimum Gasteiger partial charge on any atom is -0.478 e. The van der Waals surface area contributed by atoms with E-state index < -0.39 is 5.97 Å². The van der Waals surface area contributed by atoms with Crippen molar-refractivity contribution < 1.29 is 9.90 Å². The summed E-state index contributed by atoms with van der Waals surface area (Å²) < 4.78 is 0.865. The molecule has 15 heavy (non-hydrogen) atoms. The van der Waals surface area contributed by atoms with Gasteiger partial charge in [-0.15, -0.1) is 0 Å². The second-order valence-electron chi connectivity index (χ2n) is 2.96. The summed E-state index contributed by atoms with van der Waals surface area (Å²) in [6.45, 7) is 4.92. The maximum absolute atomic E-state index is 10.5. The van der Waals surface area contributed by atoms with Gasteiger partial charge in [0.2, 0.25) is 0 Å². The Kier molecular flexibility index (Phi) is 4.45. The van der Waals surface area contributed by atoms with Crippen molar-refractivity contribution in [1.82, 2.24) is 10.3 Å². The normalized spacial score (nSPS) is 9.93. The average molecular weight is 271 g/mol. The molecular weight excluding hydrogens is 260 g/mol. The largest absolute Gasteiger partial charge is 0.478 e. The van der Waals surface area contributed by atoms with E-state index in [1.54, 1.807) is 6.07 Å². The molecule has 0 bridgehead atoms. The zero-order chi connectivity index (χ0) is 11.3. The second kappa shape index (κ2) is 5.63. The van der Waals surface area contributed by atoms with Crippen molar-refractivity contribution in [3.8, 4) is 0 Å². The Balaban J connectivity index is 2.50. The topological polar surface area (TPSA) is 62.2 Å². The Labute approximate surface area is 96.2 Å². The van der Waals surface area contributed by atoms with Gasteiger partial charge in [0.25, 0.3) is 0 Å². The summed E-state index contributed by atoms with van der Waals surface area (Å²) in [7, 11) is 0. The Morgan fingerprint density at radius 2 is 2.33 bits per heavy atom. The van der Waals surface area contributed by atoms with Gasteiger partial charge in [-0.1, -0.05) is 22.5 Å². The highest BCUT2D eigenvalue weighted by atomic mass is 79.9. The zero-order valence-electron chi connectivity index (χ0n) is 8.03. The van der Waals surface area contributed by atoms with Crippen molar-refractivity contribution in [3.05, 3.63) is 40.6 Å². The molecular formula is C10H11BrN2O2. The van der Waals surface area contributed by atoms with Crippen molar-refractivity contribution in [3.63, 3.8) is 0 Å². The minimum absolute atomic E-state index is 0.198. The van der Waals surface area contributed by atoms with Crippen molar-refractivity contribution in [2.75, 3.05) is 6.54 Å². The fraction of sp³-hybridized carbons (Fsp3) is 0.200. The van der Waals surface area contributed by atoms with Crippen LogP contribution in [0.5, 0.6) is 0 Å². The van der Waals surface area contributed by atoms with Gasteiger partial charge in [0.05, 0.1) is 11.3 Å². The summed E-state index contributed by atoms with van der Waals surface area (Å²) in [5.41, 5.74) is 0.998.